The monoisotopic (exact) mass is 374 g/mol. The second-order valence-corrected chi connectivity index (χ2v) is 6.37. The van der Waals surface area contributed by atoms with E-state index in [1.807, 2.05) is 0 Å². The van der Waals surface area contributed by atoms with Gasteiger partial charge >= 0.3 is 6.36 Å². The van der Waals surface area contributed by atoms with E-state index in [1.165, 1.54) is 12.1 Å². The molecule has 0 aromatic heterocycles. The Morgan fingerprint density at radius 1 is 0.962 bits per heavy atom. The molecule has 0 fully saturated rings. The zero-order valence-corrected chi connectivity index (χ0v) is 13.9. The maximum absolute atomic E-state index is 14.3. The SMILES string of the molecule is CCc1cc(F)c(C2CCc3cc(OC(F)(F)F)c(F)cc3C2)c(F)c1. The van der Waals surface area contributed by atoms with E-state index >= 15 is 0 Å². The highest BCUT2D eigenvalue weighted by Crippen LogP contribution is 2.38. The lowest BCUT2D eigenvalue weighted by Gasteiger charge is -2.26. The summed E-state index contributed by atoms with van der Waals surface area (Å²) in [4.78, 5) is 0. The van der Waals surface area contributed by atoms with Gasteiger partial charge in [-0.05, 0) is 72.6 Å². The Balaban J connectivity index is 1.90. The predicted molar refractivity (Wildman–Crippen MR) is 83.6 cm³/mol. The van der Waals surface area contributed by atoms with Crippen LogP contribution < -0.4 is 4.74 Å². The number of halogens is 6. The molecule has 0 aliphatic heterocycles. The van der Waals surface area contributed by atoms with E-state index in [4.69, 9.17) is 0 Å². The number of hydrogen-bond acceptors (Lipinski definition) is 1. The van der Waals surface area contributed by atoms with E-state index < -0.39 is 35.5 Å². The summed E-state index contributed by atoms with van der Waals surface area (Å²) in [5, 5.41) is 0. The molecule has 1 aliphatic carbocycles. The fourth-order valence-corrected chi connectivity index (χ4v) is 3.44. The minimum absolute atomic E-state index is 0.0520. The van der Waals surface area contributed by atoms with Gasteiger partial charge in [-0.25, -0.2) is 13.2 Å². The van der Waals surface area contributed by atoms with Crippen LogP contribution in [0, 0.1) is 17.5 Å². The fraction of sp³-hybridized carbons (Fsp3) is 0.368. The maximum atomic E-state index is 14.3. The summed E-state index contributed by atoms with van der Waals surface area (Å²) in [6.07, 6.45) is -3.71. The van der Waals surface area contributed by atoms with Gasteiger partial charge in [-0.1, -0.05) is 6.92 Å². The van der Waals surface area contributed by atoms with Crippen molar-refractivity contribution in [3.8, 4) is 5.75 Å². The molecule has 1 aliphatic rings. The number of fused-ring (bicyclic) bond motifs is 1. The van der Waals surface area contributed by atoms with Gasteiger partial charge in [0.2, 0.25) is 0 Å². The Kier molecular flexibility index (Phi) is 4.90. The second-order valence-electron chi connectivity index (χ2n) is 6.37. The molecule has 0 N–H and O–H groups in total. The molecular weight excluding hydrogens is 358 g/mol. The topological polar surface area (TPSA) is 9.23 Å². The van der Waals surface area contributed by atoms with Gasteiger partial charge in [0.25, 0.3) is 0 Å². The number of ether oxygens (including phenoxy) is 1. The standard InChI is InChI=1S/C19H16F6O/c1-2-10-5-15(21)18(16(22)6-10)12-4-3-11-9-17(26-19(23,24)25)14(20)8-13(11)7-12/h5-6,8-9,12H,2-4,7H2,1H3. The van der Waals surface area contributed by atoms with Gasteiger partial charge < -0.3 is 4.74 Å². The molecule has 0 amide bonds. The summed E-state index contributed by atoms with van der Waals surface area (Å²) < 4.78 is 83.2. The highest BCUT2D eigenvalue weighted by Gasteiger charge is 2.33. The van der Waals surface area contributed by atoms with Crippen LogP contribution in [-0.2, 0) is 19.3 Å². The first-order valence-electron chi connectivity index (χ1n) is 8.22. The minimum atomic E-state index is -4.99. The molecule has 140 valence electrons. The Morgan fingerprint density at radius 3 is 2.19 bits per heavy atom. The first kappa shape index (κ1) is 18.6. The first-order valence-corrected chi connectivity index (χ1v) is 8.22. The lowest BCUT2D eigenvalue weighted by atomic mass is 9.79. The van der Waals surface area contributed by atoms with Crippen LogP contribution in [0.2, 0.25) is 0 Å². The summed E-state index contributed by atoms with van der Waals surface area (Å²) >= 11 is 0. The second kappa shape index (κ2) is 6.85. The normalized spacial score (nSPS) is 17.1. The summed E-state index contributed by atoms with van der Waals surface area (Å²) in [5.74, 6) is -3.83. The molecule has 1 nitrogen and oxygen atoms in total. The molecular formula is C19H16F6O. The smallest absolute Gasteiger partial charge is 0.403 e. The number of aryl methyl sites for hydroxylation is 2. The zero-order valence-electron chi connectivity index (χ0n) is 13.9. The van der Waals surface area contributed by atoms with Gasteiger partial charge in [0.15, 0.2) is 11.6 Å². The van der Waals surface area contributed by atoms with Gasteiger partial charge in [0.1, 0.15) is 11.6 Å². The van der Waals surface area contributed by atoms with E-state index in [-0.39, 0.29) is 18.4 Å². The number of hydrogen-bond donors (Lipinski definition) is 0. The molecule has 0 saturated heterocycles. The lowest BCUT2D eigenvalue weighted by Crippen LogP contribution is -2.20. The average Bonchev–Trinajstić information content (AvgIpc) is 2.53. The van der Waals surface area contributed by atoms with Crippen molar-refractivity contribution in [1.82, 2.24) is 0 Å². The van der Waals surface area contributed by atoms with Crippen molar-refractivity contribution >= 4 is 0 Å². The van der Waals surface area contributed by atoms with Crippen molar-refractivity contribution < 1.29 is 31.1 Å². The van der Waals surface area contributed by atoms with Gasteiger partial charge in [0.05, 0.1) is 0 Å². The van der Waals surface area contributed by atoms with E-state index in [9.17, 15) is 26.3 Å². The number of benzene rings is 2. The molecule has 0 heterocycles. The third kappa shape index (κ3) is 3.81. The van der Waals surface area contributed by atoms with E-state index in [1.54, 1.807) is 6.92 Å². The maximum Gasteiger partial charge on any atom is 0.573 e. The van der Waals surface area contributed by atoms with E-state index in [2.05, 4.69) is 4.74 Å². The molecule has 2 aromatic carbocycles. The Bertz CT molecular complexity index is 805. The molecule has 0 bridgehead atoms. The molecule has 2 aromatic rings. The third-order valence-corrected chi connectivity index (χ3v) is 4.66. The van der Waals surface area contributed by atoms with Crippen LogP contribution in [0.4, 0.5) is 26.3 Å². The Hall–Kier alpha value is -2.18. The van der Waals surface area contributed by atoms with Crippen LogP contribution >= 0.6 is 0 Å². The quantitative estimate of drug-likeness (QED) is 0.614. The largest absolute Gasteiger partial charge is 0.573 e. The van der Waals surface area contributed by atoms with Crippen molar-refractivity contribution in [2.75, 3.05) is 0 Å². The molecule has 1 atom stereocenters. The third-order valence-electron chi connectivity index (χ3n) is 4.66. The highest BCUT2D eigenvalue weighted by atomic mass is 19.4. The minimum Gasteiger partial charge on any atom is -0.403 e. The summed E-state index contributed by atoms with van der Waals surface area (Å²) in [6.45, 7) is 1.79. The van der Waals surface area contributed by atoms with Gasteiger partial charge in [0, 0.05) is 5.56 Å². The first-order chi connectivity index (χ1) is 12.2. The van der Waals surface area contributed by atoms with Crippen molar-refractivity contribution in [1.29, 1.82) is 0 Å². The van der Waals surface area contributed by atoms with E-state index in [0.717, 1.165) is 12.1 Å². The lowest BCUT2D eigenvalue weighted by molar-refractivity contribution is -0.275. The zero-order chi connectivity index (χ0) is 19.1. The van der Waals surface area contributed by atoms with Crippen LogP contribution in [-0.4, -0.2) is 6.36 Å². The predicted octanol–water partition coefficient (Wildman–Crippen LogP) is 5.84. The molecule has 7 heteroatoms. The van der Waals surface area contributed by atoms with Crippen molar-refractivity contribution in [2.45, 2.75) is 44.9 Å². The van der Waals surface area contributed by atoms with Crippen molar-refractivity contribution in [3.05, 3.63) is 64.0 Å². The van der Waals surface area contributed by atoms with E-state index in [0.29, 0.717) is 29.5 Å². The summed E-state index contributed by atoms with van der Waals surface area (Å²) in [7, 11) is 0. The fourth-order valence-electron chi connectivity index (χ4n) is 3.44. The molecule has 1 unspecified atom stereocenters. The van der Waals surface area contributed by atoms with Crippen LogP contribution in [0.1, 0.15) is 41.5 Å². The molecule has 26 heavy (non-hydrogen) atoms. The average molecular weight is 374 g/mol. The molecule has 0 radical (unpaired) electrons. The van der Waals surface area contributed by atoms with Gasteiger partial charge in [-0.3, -0.25) is 0 Å². The number of rotatable bonds is 3. The molecule has 0 spiro atoms. The van der Waals surface area contributed by atoms with Crippen LogP contribution in [0.25, 0.3) is 0 Å². The number of alkyl halides is 3. The molecule has 3 rings (SSSR count). The van der Waals surface area contributed by atoms with Crippen molar-refractivity contribution in [2.24, 2.45) is 0 Å². The summed E-state index contributed by atoms with van der Waals surface area (Å²) in [6, 6.07) is 4.55. The van der Waals surface area contributed by atoms with Crippen LogP contribution in [0.5, 0.6) is 5.75 Å². The van der Waals surface area contributed by atoms with Gasteiger partial charge in [-0.2, -0.15) is 0 Å². The molecule has 0 saturated carbocycles. The van der Waals surface area contributed by atoms with Crippen LogP contribution in [0.3, 0.4) is 0 Å². The van der Waals surface area contributed by atoms with Gasteiger partial charge in [-0.15, -0.1) is 13.2 Å². The van der Waals surface area contributed by atoms with Crippen molar-refractivity contribution in [3.63, 3.8) is 0 Å². The highest BCUT2D eigenvalue weighted by molar-refractivity contribution is 5.41. The van der Waals surface area contributed by atoms with Crippen LogP contribution in [0.15, 0.2) is 24.3 Å². The Morgan fingerprint density at radius 2 is 1.62 bits per heavy atom. The summed E-state index contributed by atoms with van der Waals surface area (Å²) in [5.41, 5.74) is 1.42. The Labute approximate surface area is 146 Å².